The molecule has 1 aliphatic heterocycles. The Morgan fingerprint density at radius 3 is 2.67 bits per heavy atom. The molecule has 2 unspecified atom stereocenters. The zero-order chi connectivity index (χ0) is 13.7. The van der Waals surface area contributed by atoms with Crippen LogP contribution in [-0.2, 0) is 9.59 Å². The summed E-state index contributed by atoms with van der Waals surface area (Å²) < 4.78 is 0. The summed E-state index contributed by atoms with van der Waals surface area (Å²) in [5.41, 5.74) is 0. The maximum absolute atomic E-state index is 12.0. The molecule has 0 bridgehead atoms. The number of carbonyl (C=O) groups is 2. The van der Waals surface area contributed by atoms with E-state index in [0.29, 0.717) is 31.2 Å². The quantitative estimate of drug-likeness (QED) is 0.808. The summed E-state index contributed by atoms with van der Waals surface area (Å²) in [6.07, 6.45) is 1.45. The molecule has 1 rings (SSSR count). The maximum atomic E-state index is 12.0. The first-order valence-electron chi connectivity index (χ1n) is 7.00. The molecule has 0 aromatic carbocycles. The van der Waals surface area contributed by atoms with Gasteiger partial charge in [-0.05, 0) is 19.3 Å². The summed E-state index contributed by atoms with van der Waals surface area (Å²) in [5, 5.41) is 2.96. The fourth-order valence-electron chi connectivity index (χ4n) is 2.26. The van der Waals surface area contributed by atoms with Crippen molar-refractivity contribution in [3.63, 3.8) is 0 Å². The standard InChI is InChI=1S/C14H26N2O2/c1-5-12-9-16(7-6-13(12)17)11(4)14(18)15-8-10(2)3/h10-12H,5-9H2,1-4H3,(H,15,18). The van der Waals surface area contributed by atoms with Crippen molar-refractivity contribution in [1.29, 1.82) is 0 Å². The molecule has 1 N–H and O–H groups in total. The highest BCUT2D eigenvalue weighted by atomic mass is 16.2. The lowest BCUT2D eigenvalue weighted by Crippen LogP contribution is -2.51. The van der Waals surface area contributed by atoms with Crippen LogP contribution in [-0.4, -0.2) is 42.3 Å². The van der Waals surface area contributed by atoms with E-state index in [1.165, 1.54) is 0 Å². The zero-order valence-corrected chi connectivity index (χ0v) is 12.0. The number of rotatable bonds is 5. The Hall–Kier alpha value is -0.900. The molecule has 1 amide bonds. The predicted octanol–water partition coefficient (Wildman–Crippen LogP) is 1.45. The molecule has 0 spiro atoms. The Kier molecular flexibility index (Phi) is 5.79. The number of hydrogen-bond donors (Lipinski definition) is 1. The number of likely N-dealkylation sites (tertiary alicyclic amines) is 1. The SMILES string of the molecule is CCC1CN(C(C)C(=O)NCC(C)C)CCC1=O. The number of nitrogens with one attached hydrogen (secondary N) is 1. The number of nitrogens with zero attached hydrogens (tertiary/aromatic N) is 1. The summed E-state index contributed by atoms with van der Waals surface area (Å²) >= 11 is 0. The monoisotopic (exact) mass is 254 g/mol. The van der Waals surface area contributed by atoms with Gasteiger partial charge in [-0.1, -0.05) is 20.8 Å². The van der Waals surface area contributed by atoms with E-state index in [-0.39, 0.29) is 17.9 Å². The molecule has 1 heterocycles. The number of hydrogen-bond acceptors (Lipinski definition) is 3. The van der Waals surface area contributed by atoms with Gasteiger partial charge >= 0.3 is 0 Å². The highest BCUT2D eigenvalue weighted by Crippen LogP contribution is 2.18. The van der Waals surface area contributed by atoms with E-state index in [4.69, 9.17) is 0 Å². The third kappa shape index (κ3) is 4.09. The molecule has 1 aliphatic rings. The Morgan fingerprint density at radius 1 is 1.44 bits per heavy atom. The summed E-state index contributed by atoms with van der Waals surface area (Å²) in [5.74, 6) is 1.00. The minimum absolute atomic E-state index is 0.0768. The molecule has 18 heavy (non-hydrogen) atoms. The number of carbonyl (C=O) groups excluding carboxylic acids is 2. The van der Waals surface area contributed by atoms with Crippen molar-refractivity contribution < 1.29 is 9.59 Å². The van der Waals surface area contributed by atoms with Crippen LogP contribution in [0.15, 0.2) is 0 Å². The van der Waals surface area contributed by atoms with E-state index in [1.54, 1.807) is 0 Å². The van der Waals surface area contributed by atoms with Gasteiger partial charge in [-0.2, -0.15) is 0 Å². The van der Waals surface area contributed by atoms with Gasteiger partial charge in [0.05, 0.1) is 6.04 Å². The Bertz CT molecular complexity index is 302. The molecule has 4 heteroatoms. The molecule has 0 radical (unpaired) electrons. The van der Waals surface area contributed by atoms with Crippen LogP contribution < -0.4 is 5.32 Å². The van der Waals surface area contributed by atoms with Crippen LogP contribution in [0.4, 0.5) is 0 Å². The minimum Gasteiger partial charge on any atom is -0.354 e. The van der Waals surface area contributed by atoms with Crippen molar-refractivity contribution in [2.75, 3.05) is 19.6 Å². The third-order valence-electron chi connectivity index (χ3n) is 3.66. The highest BCUT2D eigenvalue weighted by molar-refractivity contribution is 5.84. The van der Waals surface area contributed by atoms with Crippen LogP contribution >= 0.6 is 0 Å². The zero-order valence-electron chi connectivity index (χ0n) is 12.0. The molecule has 0 aliphatic carbocycles. The fraction of sp³-hybridized carbons (Fsp3) is 0.857. The van der Waals surface area contributed by atoms with Crippen LogP contribution in [0.2, 0.25) is 0 Å². The summed E-state index contributed by atoms with van der Waals surface area (Å²) in [6.45, 7) is 10.3. The van der Waals surface area contributed by atoms with Crippen LogP contribution in [0.5, 0.6) is 0 Å². The van der Waals surface area contributed by atoms with Crippen molar-refractivity contribution in [2.24, 2.45) is 11.8 Å². The second-order valence-corrected chi connectivity index (χ2v) is 5.63. The van der Waals surface area contributed by atoms with E-state index in [9.17, 15) is 9.59 Å². The number of ketones is 1. The van der Waals surface area contributed by atoms with Gasteiger partial charge in [-0.3, -0.25) is 14.5 Å². The van der Waals surface area contributed by atoms with Gasteiger partial charge in [0.2, 0.25) is 5.91 Å². The summed E-state index contributed by atoms with van der Waals surface area (Å²) in [4.78, 5) is 25.8. The lowest BCUT2D eigenvalue weighted by molar-refractivity contribution is -0.132. The van der Waals surface area contributed by atoms with Gasteiger partial charge in [0.15, 0.2) is 0 Å². The molecule has 0 saturated carbocycles. The fourth-order valence-corrected chi connectivity index (χ4v) is 2.26. The molecule has 0 aromatic heterocycles. The third-order valence-corrected chi connectivity index (χ3v) is 3.66. The Morgan fingerprint density at radius 2 is 2.11 bits per heavy atom. The smallest absolute Gasteiger partial charge is 0.237 e. The van der Waals surface area contributed by atoms with E-state index in [2.05, 4.69) is 24.1 Å². The molecule has 1 saturated heterocycles. The van der Waals surface area contributed by atoms with E-state index in [0.717, 1.165) is 13.0 Å². The summed E-state index contributed by atoms with van der Waals surface area (Å²) in [7, 11) is 0. The Balaban J connectivity index is 2.48. The first-order valence-corrected chi connectivity index (χ1v) is 7.00. The summed E-state index contributed by atoms with van der Waals surface area (Å²) in [6, 6.07) is -0.133. The van der Waals surface area contributed by atoms with Crippen molar-refractivity contribution in [1.82, 2.24) is 10.2 Å². The number of piperidine rings is 1. The van der Waals surface area contributed by atoms with Crippen molar-refractivity contribution in [3.8, 4) is 0 Å². The van der Waals surface area contributed by atoms with Gasteiger partial charge < -0.3 is 5.32 Å². The minimum atomic E-state index is -0.133. The van der Waals surface area contributed by atoms with Gasteiger partial charge in [-0.25, -0.2) is 0 Å². The second-order valence-electron chi connectivity index (χ2n) is 5.63. The second kappa shape index (κ2) is 6.88. The van der Waals surface area contributed by atoms with Gasteiger partial charge in [0.25, 0.3) is 0 Å². The number of amides is 1. The van der Waals surface area contributed by atoms with Crippen LogP contribution in [0.25, 0.3) is 0 Å². The maximum Gasteiger partial charge on any atom is 0.237 e. The van der Waals surface area contributed by atoms with Crippen LogP contribution in [0.1, 0.15) is 40.5 Å². The molecule has 1 fully saturated rings. The number of Topliss-reactive ketones (excluding diaryl/α,β-unsaturated/α-hetero) is 1. The van der Waals surface area contributed by atoms with Crippen molar-refractivity contribution in [2.45, 2.75) is 46.6 Å². The molecule has 0 aromatic rings. The van der Waals surface area contributed by atoms with E-state index < -0.39 is 0 Å². The first kappa shape index (κ1) is 15.2. The largest absolute Gasteiger partial charge is 0.354 e. The van der Waals surface area contributed by atoms with Crippen LogP contribution in [0.3, 0.4) is 0 Å². The van der Waals surface area contributed by atoms with Crippen LogP contribution in [0, 0.1) is 11.8 Å². The molecular weight excluding hydrogens is 228 g/mol. The van der Waals surface area contributed by atoms with Gasteiger partial charge in [0.1, 0.15) is 5.78 Å². The molecule has 104 valence electrons. The lowest BCUT2D eigenvalue weighted by Gasteiger charge is -2.35. The first-order chi connectivity index (χ1) is 8.45. The average molecular weight is 254 g/mol. The molecule has 4 nitrogen and oxygen atoms in total. The van der Waals surface area contributed by atoms with Crippen molar-refractivity contribution in [3.05, 3.63) is 0 Å². The van der Waals surface area contributed by atoms with E-state index >= 15 is 0 Å². The van der Waals surface area contributed by atoms with Gasteiger partial charge in [0, 0.05) is 32.0 Å². The lowest BCUT2D eigenvalue weighted by atomic mass is 9.93. The van der Waals surface area contributed by atoms with E-state index in [1.807, 2.05) is 13.8 Å². The average Bonchev–Trinajstić information content (AvgIpc) is 2.35. The normalized spacial score (nSPS) is 23.2. The Labute approximate surface area is 110 Å². The van der Waals surface area contributed by atoms with Crippen molar-refractivity contribution >= 4 is 11.7 Å². The molecular formula is C14H26N2O2. The van der Waals surface area contributed by atoms with Gasteiger partial charge in [-0.15, -0.1) is 0 Å². The topological polar surface area (TPSA) is 49.4 Å². The highest BCUT2D eigenvalue weighted by Gasteiger charge is 2.30. The predicted molar refractivity (Wildman–Crippen MR) is 72.3 cm³/mol. The molecule has 2 atom stereocenters.